The van der Waals surface area contributed by atoms with E-state index in [0.29, 0.717) is 56.3 Å². The summed E-state index contributed by atoms with van der Waals surface area (Å²) in [6, 6.07) is 9.75. The smallest absolute Gasteiger partial charge is 0.413 e. The first-order valence-corrected chi connectivity index (χ1v) is 13.3. The number of carbonyl (C=O) groups excluding carboxylic acids is 3. The quantitative estimate of drug-likeness (QED) is 0.351. The lowest BCUT2D eigenvalue weighted by molar-refractivity contribution is -0.127. The Bertz CT molecular complexity index is 1320. The van der Waals surface area contributed by atoms with Gasteiger partial charge in [0.2, 0.25) is 5.91 Å². The van der Waals surface area contributed by atoms with Crippen molar-refractivity contribution in [2.24, 2.45) is 0 Å². The highest BCUT2D eigenvalue weighted by atomic mass is 35.5. The van der Waals surface area contributed by atoms with Crippen LogP contribution in [0.2, 0.25) is 10.0 Å². The van der Waals surface area contributed by atoms with Crippen LogP contribution in [-0.2, 0) is 9.53 Å². The highest BCUT2D eigenvalue weighted by molar-refractivity contribution is 7.22. The minimum atomic E-state index is -0.647. The molecule has 37 heavy (non-hydrogen) atoms. The Balaban J connectivity index is 1.60. The molecule has 0 aliphatic carbocycles. The van der Waals surface area contributed by atoms with Crippen molar-refractivity contribution in [3.63, 3.8) is 0 Å². The molecule has 12 heteroatoms. The van der Waals surface area contributed by atoms with Crippen molar-refractivity contribution in [1.82, 2.24) is 9.88 Å². The van der Waals surface area contributed by atoms with Crippen LogP contribution in [0, 0.1) is 0 Å². The maximum Gasteiger partial charge on any atom is 0.413 e. The van der Waals surface area contributed by atoms with E-state index in [4.69, 9.17) is 27.9 Å². The summed E-state index contributed by atoms with van der Waals surface area (Å²) < 4.78 is 6.01. The Morgan fingerprint density at radius 1 is 1.16 bits per heavy atom. The summed E-state index contributed by atoms with van der Waals surface area (Å²) in [5, 5.41) is 6.71. The minimum absolute atomic E-state index is 0.0694. The molecule has 0 spiro atoms. The number of urea groups is 1. The largest absolute Gasteiger partial charge is 0.444 e. The standard InChI is InChI=1S/C25H27Cl2N5O4S/c1-25(2,3)36-24(35)30-22-29-18-13-17(27)19(14-20(18)37-22)32(12-11-31-10-4-5-21(31)33)23(34)28-16-8-6-15(26)7-9-16/h6-9,13-14H,4-5,10-12H2,1-3H3,(H,28,34)(H,29,30,35). The highest BCUT2D eigenvalue weighted by Crippen LogP contribution is 2.36. The Morgan fingerprint density at radius 3 is 2.54 bits per heavy atom. The van der Waals surface area contributed by atoms with Crippen LogP contribution in [0.15, 0.2) is 36.4 Å². The lowest BCUT2D eigenvalue weighted by Gasteiger charge is -2.27. The number of halogens is 2. The molecule has 0 saturated carbocycles. The molecule has 9 nitrogen and oxygen atoms in total. The van der Waals surface area contributed by atoms with Gasteiger partial charge in [0.15, 0.2) is 5.13 Å². The first-order valence-electron chi connectivity index (χ1n) is 11.7. The highest BCUT2D eigenvalue weighted by Gasteiger charge is 2.25. The van der Waals surface area contributed by atoms with Gasteiger partial charge in [-0.2, -0.15) is 0 Å². The molecular formula is C25H27Cl2N5O4S. The molecule has 196 valence electrons. The van der Waals surface area contributed by atoms with Gasteiger partial charge in [0.05, 0.1) is 20.9 Å². The first kappa shape index (κ1) is 27.0. The summed E-state index contributed by atoms with van der Waals surface area (Å²) in [5.41, 5.74) is 0.944. The molecule has 0 radical (unpaired) electrons. The zero-order valence-corrected chi connectivity index (χ0v) is 23.0. The van der Waals surface area contributed by atoms with E-state index >= 15 is 0 Å². The summed E-state index contributed by atoms with van der Waals surface area (Å²) in [5.74, 6) is 0.0694. The van der Waals surface area contributed by atoms with E-state index in [9.17, 15) is 14.4 Å². The van der Waals surface area contributed by atoms with Gasteiger partial charge in [0.25, 0.3) is 0 Å². The van der Waals surface area contributed by atoms with E-state index in [2.05, 4.69) is 15.6 Å². The number of thiazole rings is 1. The molecule has 4 rings (SSSR count). The minimum Gasteiger partial charge on any atom is -0.444 e. The van der Waals surface area contributed by atoms with Gasteiger partial charge in [-0.25, -0.2) is 14.6 Å². The summed E-state index contributed by atoms with van der Waals surface area (Å²) in [4.78, 5) is 45.4. The van der Waals surface area contributed by atoms with Crippen molar-refractivity contribution in [2.75, 3.05) is 35.2 Å². The van der Waals surface area contributed by atoms with Crippen LogP contribution in [0.5, 0.6) is 0 Å². The Hall–Kier alpha value is -3.08. The second kappa shape index (κ2) is 11.1. The lowest BCUT2D eigenvalue weighted by atomic mass is 10.2. The molecule has 1 aliphatic rings. The molecule has 0 atom stereocenters. The van der Waals surface area contributed by atoms with Crippen molar-refractivity contribution in [3.05, 3.63) is 46.4 Å². The first-order chi connectivity index (χ1) is 17.5. The number of rotatable bonds is 6. The van der Waals surface area contributed by atoms with Gasteiger partial charge in [0.1, 0.15) is 5.60 Å². The number of likely N-dealkylation sites (tertiary alicyclic amines) is 1. The molecule has 0 bridgehead atoms. The van der Waals surface area contributed by atoms with Crippen LogP contribution in [0.3, 0.4) is 0 Å². The number of anilines is 3. The molecule has 1 aliphatic heterocycles. The van der Waals surface area contributed by atoms with Crippen LogP contribution < -0.4 is 15.5 Å². The fraction of sp³-hybridized carbons (Fsp3) is 0.360. The van der Waals surface area contributed by atoms with Crippen molar-refractivity contribution in [3.8, 4) is 0 Å². The van der Waals surface area contributed by atoms with Gasteiger partial charge in [-0.3, -0.25) is 15.0 Å². The number of hydrogen-bond acceptors (Lipinski definition) is 6. The van der Waals surface area contributed by atoms with E-state index in [1.165, 1.54) is 16.2 Å². The molecular weight excluding hydrogens is 537 g/mol. The van der Waals surface area contributed by atoms with Gasteiger partial charge >= 0.3 is 12.1 Å². The maximum absolute atomic E-state index is 13.4. The second-order valence-corrected chi connectivity index (χ2v) is 11.4. The topological polar surface area (TPSA) is 104 Å². The Labute approximate surface area is 228 Å². The Morgan fingerprint density at radius 2 is 1.89 bits per heavy atom. The number of amides is 4. The summed E-state index contributed by atoms with van der Waals surface area (Å²) in [6.07, 6.45) is 0.700. The monoisotopic (exact) mass is 563 g/mol. The van der Waals surface area contributed by atoms with Gasteiger partial charge in [-0.1, -0.05) is 34.5 Å². The summed E-state index contributed by atoms with van der Waals surface area (Å²) in [6.45, 7) is 6.59. The molecule has 1 fully saturated rings. The molecule has 1 saturated heterocycles. The van der Waals surface area contributed by atoms with Gasteiger partial charge in [-0.15, -0.1) is 0 Å². The SMILES string of the molecule is CC(C)(C)OC(=O)Nc1nc2cc(Cl)c(N(CCN3CCCC3=O)C(=O)Nc3ccc(Cl)cc3)cc2s1. The van der Waals surface area contributed by atoms with Crippen LogP contribution in [0.1, 0.15) is 33.6 Å². The molecule has 2 heterocycles. The van der Waals surface area contributed by atoms with E-state index in [1.807, 2.05) is 0 Å². The van der Waals surface area contributed by atoms with Crippen molar-refractivity contribution >= 4 is 79.3 Å². The van der Waals surface area contributed by atoms with E-state index in [0.717, 1.165) is 6.42 Å². The summed E-state index contributed by atoms with van der Waals surface area (Å²) in [7, 11) is 0. The number of nitrogens with one attached hydrogen (secondary N) is 2. The summed E-state index contributed by atoms with van der Waals surface area (Å²) >= 11 is 13.8. The van der Waals surface area contributed by atoms with Gasteiger partial charge < -0.3 is 15.0 Å². The fourth-order valence-electron chi connectivity index (χ4n) is 3.81. The lowest BCUT2D eigenvalue weighted by Crippen LogP contribution is -2.41. The number of fused-ring (bicyclic) bond motifs is 1. The van der Waals surface area contributed by atoms with E-state index < -0.39 is 17.7 Å². The van der Waals surface area contributed by atoms with E-state index in [-0.39, 0.29) is 12.5 Å². The van der Waals surface area contributed by atoms with Crippen molar-refractivity contribution < 1.29 is 19.1 Å². The van der Waals surface area contributed by atoms with Gasteiger partial charge in [0, 0.05) is 36.8 Å². The van der Waals surface area contributed by atoms with Crippen LogP contribution in [0.4, 0.5) is 26.1 Å². The Kier molecular flexibility index (Phi) is 8.11. The normalized spacial score (nSPS) is 13.6. The number of hydrogen-bond donors (Lipinski definition) is 2. The van der Waals surface area contributed by atoms with E-state index in [1.54, 1.807) is 62.1 Å². The van der Waals surface area contributed by atoms with Crippen LogP contribution >= 0.6 is 34.5 Å². The zero-order chi connectivity index (χ0) is 26.7. The second-order valence-electron chi connectivity index (χ2n) is 9.49. The molecule has 2 N–H and O–H groups in total. The number of nitrogens with zero attached hydrogens (tertiary/aromatic N) is 3. The fourth-order valence-corrected chi connectivity index (χ4v) is 5.06. The van der Waals surface area contributed by atoms with Crippen LogP contribution in [-0.4, -0.2) is 53.2 Å². The third-order valence-corrected chi connectivity index (χ3v) is 6.95. The molecule has 1 aromatic heterocycles. The van der Waals surface area contributed by atoms with Crippen molar-refractivity contribution in [2.45, 2.75) is 39.2 Å². The predicted octanol–water partition coefficient (Wildman–Crippen LogP) is 6.61. The molecule has 2 aromatic carbocycles. The molecule has 4 amide bonds. The zero-order valence-electron chi connectivity index (χ0n) is 20.6. The number of benzene rings is 2. The average Bonchev–Trinajstić information content (AvgIpc) is 3.38. The molecule has 0 unspecified atom stereocenters. The number of aromatic nitrogens is 1. The van der Waals surface area contributed by atoms with Gasteiger partial charge in [-0.05, 0) is 63.6 Å². The third-order valence-electron chi connectivity index (χ3n) is 5.46. The van der Waals surface area contributed by atoms with Crippen molar-refractivity contribution in [1.29, 1.82) is 0 Å². The maximum atomic E-state index is 13.4. The average molecular weight is 564 g/mol. The third kappa shape index (κ3) is 7.03. The molecule has 3 aromatic rings. The number of ether oxygens (including phenoxy) is 1. The predicted molar refractivity (Wildman–Crippen MR) is 148 cm³/mol. The van der Waals surface area contributed by atoms with Crippen LogP contribution in [0.25, 0.3) is 10.2 Å². The number of carbonyl (C=O) groups is 3.